The minimum Gasteiger partial charge on any atom is -0.269 e. The van der Waals surface area contributed by atoms with Crippen molar-refractivity contribution in [3.05, 3.63) is 59.9 Å². The first-order chi connectivity index (χ1) is 8.94. The third-order valence-electron chi connectivity index (χ3n) is 2.93. The molecule has 3 nitrogen and oxygen atoms in total. The number of halogens is 1. The Kier molecular flexibility index (Phi) is 3.57. The number of benzene rings is 2. The van der Waals surface area contributed by atoms with Crippen molar-refractivity contribution in [3.8, 4) is 0 Å². The van der Waals surface area contributed by atoms with Crippen LogP contribution in [0.1, 0.15) is 5.56 Å². The smallest absolute Gasteiger partial charge is 0.266 e. The molecule has 2 rings (SSSR count). The zero-order valence-corrected chi connectivity index (χ0v) is 11.5. The van der Waals surface area contributed by atoms with E-state index in [0.717, 1.165) is 15.9 Å². The van der Waals surface area contributed by atoms with E-state index in [2.05, 4.69) is 0 Å². The fourth-order valence-electron chi connectivity index (χ4n) is 1.85. The summed E-state index contributed by atoms with van der Waals surface area (Å²) >= 11 is 0. The molecule has 0 saturated heterocycles. The summed E-state index contributed by atoms with van der Waals surface area (Å²) in [6.45, 7) is 1.81. The summed E-state index contributed by atoms with van der Waals surface area (Å²) in [4.78, 5) is -0.319. The van der Waals surface area contributed by atoms with Gasteiger partial charge >= 0.3 is 0 Å². The highest BCUT2D eigenvalue weighted by Crippen LogP contribution is 2.26. The van der Waals surface area contributed by atoms with Gasteiger partial charge in [0.2, 0.25) is 0 Å². The quantitative estimate of drug-likeness (QED) is 0.866. The number of para-hydroxylation sites is 1. The molecule has 0 heterocycles. The molecule has 0 saturated carbocycles. The van der Waals surface area contributed by atoms with Crippen molar-refractivity contribution in [2.45, 2.75) is 11.8 Å². The van der Waals surface area contributed by atoms with Crippen LogP contribution < -0.4 is 4.31 Å². The first-order valence-corrected chi connectivity index (χ1v) is 7.17. The van der Waals surface area contributed by atoms with E-state index < -0.39 is 15.8 Å². The van der Waals surface area contributed by atoms with Crippen LogP contribution in [0.25, 0.3) is 0 Å². The number of hydrogen-bond acceptors (Lipinski definition) is 2. The van der Waals surface area contributed by atoms with Crippen LogP contribution in [0.2, 0.25) is 0 Å². The minimum absolute atomic E-state index is 0.319. The molecule has 5 heteroatoms. The van der Waals surface area contributed by atoms with Crippen LogP contribution in [0.4, 0.5) is 10.1 Å². The van der Waals surface area contributed by atoms with E-state index in [-0.39, 0.29) is 4.90 Å². The Morgan fingerprint density at radius 1 is 1.00 bits per heavy atom. The number of aryl methyl sites for hydroxylation is 1. The van der Waals surface area contributed by atoms with Crippen molar-refractivity contribution in [3.63, 3.8) is 0 Å². The molecule has 100 valence electrons. The molecule has 0 bridgehead atoms. The molecule has 0 amide bonds. The molecular formula is C14H14FNO2S. The van der Waals surface area contributed by atoms with Crippen LogP contribution in [0.3, 0.4) is 0 Å². The number of rotatable bonds is 3. The number of hydrogen-bond donors (Lipinski definition) is 0. The molecule has 0 N–H and O–H groups in total. The summed E-state index contributed by atoms with van der Waals surface area (Å²) in [5.41, 5.74) is 1.34. The van der Waals surface area contributed by atoms with Crippen LogP contribution in [-0.4, -0.2) is 15.5 Å². The summed E-state index contributed by atoms with van der Waals surface area (Å²) < 4.78 is 39.5. The maximum atomic E-state index is 13.7. The molecule has 0 aliphatic rings. The summed E-state index contributed by atoms with van der Waals surface area (Å²) in [7, 11) is -2.47. The van der Waals surface area contributed by atoms with Gasteiger partial charge in [-0.2, -0.15) is 0 Å². The predicted molar refractivity (Wildman–Crippen MR) is 73.2 cm³/mol. The molecule has 2 aromatic rings. The first kappa shape index (κ1) is 13.5. The van der Waals surface area contributed by atoms with Gasteiger partial charge in [0.25, 0.3) is 10.0 Å². The van der Waals surface area contributed by atoms with E-state index in [1.165, 1.54) is 25.2 Å². The van der Waals surface area contributed by atoms with Crippen molar-refractivity contribution in [1.82, 2.24) is 0 Å². The highest BCUT2D eigenvalue weighted by molar-refractivity contribution is 7.92. The average molecular weight is 279 g/mol. The number of nitrogens with zero attached hydrogens (tertiary/aromatic N) is 1. The molecule has 0 spiro atoms. The minimum atomic E-state index is -3.89. The number of anilines is 1. The highest BCUT2D eigenvalue weighted by Gasteiger charge is 2.25. The van der Waals surface area contributed by atoms with Crippen molar-refractivity contribution >= 4 is 15.7 Å². The van der Waals surface area contributed by atoms with Gasteiger partial charge < -0.3 is 0 Å². The van der Waals surface area contributed by atoms with Crippen LogP contribution in [0, 0.1) is 12.7 Å². The summed E-state index contributed by atoms with van der Waals surface area (Å²) in [6, 6.07) is 12.4. The Labute approximate surface area is 112 Å². The summed E-state index contributed by atoms with van der Waals surface area (Å²) in [5, 5.41) is 0. The van der Waals surface area contributed by atoms with Crippen molar-refractivity contribution in [1.29, 1.82) is 0 Å². The highest BCUT2D eigenvalue weighted by atomic mass is 32.2. The maximum absolute atomic E-state index is 13.7. The van der Waals surface area contributed by atoms with Gasteiger partial charge in [-0.25, -0.2) is 12.8 Å². The lowest BCUT2D eigenvalue weighted by Gasteiger charge is -2.21. The van der Waals surface area contributed by atoms with E-state index in [1.54, 1.807) is 12.1 Å². The fraction of sp³-hybridized carbons (Fsp3) is 0.143. The molecule has 0 aromatic heterocycles. The summed E-state index contributed by atoms with van der Waals surface area (Å²) in [5.74, 6) is -0.747. The second-order valence-corrected chi connectivity index (χ2v) is 6.13. The number of sulfonamides is 1. The molecule has 19 heavy (non-hydrogen) atoms. The molecule has 2 aromatic carbocycles. The lowest BCUT2D eigenvalue weighted by Crippen LogP contribution is -2.27. The Morgan fingerprint density at radius 3 is 2.21 bits per heavy atom. The van der Waals surface area contributed by atoms with E-state index >= 15 is 0 Å². The van der Waals surface area contributed by atoms with E-state index in [4.69, 9.17) is 0 Å². The normalized spacial score (nSPS) is 11.3. The lowest BCUT2D eigenvalue weighted by atomic mass is 10.2. The zero-order valence-electron chi connectivity index (χ0n) is 10.7. The van der Waals surface area contributed by atoms with Crippen LogP contribution in [0.5, 0.6) is 0 Å². The van der Waals surface area contributed by atoms with E-state index in [0.29, 0.717) is 5.69 Å². The maximum Gasteiger partial charge on any atom is 0.266 e. The van der Waals surface area contributed by atoms with Gasteiger partial charge in [-0.05, 0) is 30.7 Å². The van der Waals surface area contributed by atoms with Gasteiger partial charge in [0.05, 0.1) is 5.69 Å². The Balaban J connectivity index is 2.52. The second-order valence-electron chi connectivity index (χ2n) is 4.19. The topological polar surface area (TPSA) is 37.4 Å². The largest absolute Gasteiger partial charge is 0.269 e. The Hall–Kier alpha value is -1.88. The fourth-order valence-corrected chi connectivity index (χ4v) is 3.17. The van der Waals surface area contributed by atoms with Gasteiger partial charge in [-0.1, -0.05) is 30.3 Å². The van der Waals surface area contributed by atoms with Crippen molar-refractivity contribution < 1.29 is 12.8 Å². The van der Waals surface area contributed by atoms with Crippen LogP contribution in [-0.2, 0) is 10.0 Å². The molecule has 0 atom stereocenters. The lowest BCUT2D eigenvalue weighted by molar-refractivity contribution is 0.566. The van der Waals surface area contributed by atoms with Gasteiger partial charge in [0, 0.05) is 7.05 Å². The average Bonchev–Trinajstić information content (AvgIpc) is 2.39. The molecular weight excluding hydrogens is 265 g/mol. The van der Waals surface area contributed by atoms with Crippen LogP contribution >= 0.6 is 0 Å². The van der Waals surface area contributed by atoms with E-state index in [9.17, 15) is 12.8 Å². The van der Waals surface area contributed by atoms with Gasteiger partial charge in [-0.3, -0.25) is 4.31 Å². The van der Waals surface area contributed by atoms with Crippen molar-refractivity contribution in [2.75, 3.05) is 11.4 Å². The van der Waals surface area contributed by atoms with E-state index in [1.807, 2.05) is 19.1 Å². The molecule has 0 fully saturated rings. The molecule has 0 radical (unpaired) electrons. The first-order valence-electron chi connectivity index (χ1n) is 5.73. The molecule has 0 aliphatic heterocycles. The van der Waals surface area contributed by atoms with Crippen molar-refractivity contribution in [2.24, 2.45) is 0 Å². The Bertz CT molecular complexity index is 698. The van der Waals surface area contributed by atoms with Gasteiger partial charge in [0.15, 0.2) is 0 Å². The summed E-state index contributed by atoms with van der Waals surface area (Å²) in [6.07, 6.45) is 0. The van der Waals surface area contributed by atoms with Gasteiger partial charge in [0.1, 0.15) is 10.7 Å². The predicted octanol–water partition coefficient (Wildman–Crippen LogP) is 2.96. The van der Waals surface area contributed by atoms with Crippen LogP contribution in [0.15, 0.2) is 53.4 Å². The van der Waals surface area contributed by atoms with Gasteiger partial charge in [-0.15, -0.1) is 0 Å². The standard InChI is InChI=1S/C14H14FNO2S/c1-11-7-3-5-9-13(11)16(2)19(17,18)14-10-6-4-8-12(14)15/h3-10H,1-2H3. The third kappa shape index (κ3) is 2.46. The molecule has 0 aliphatic carbocycles. The molecule has 0 unspecified atom stereocenters. The Morgan fingerprint density at radius 2 is 1.58 bits per heavy atom. The SMILES string of the molecule is Cc1ccccc1N(C)S(=O)(=O)c1ccccc1F. The third-order valence-corrected chi connectivity index (χ3v) is 4.73. The zero-order chi connectivity index (χ0) is 14.0. The monoisotopic (exact) mass is 279 g/mol. The second kappa shape index (κ2) is 5.01.